The lowest BCUT2D eigenvalue weighted by Gasteiger charge is -2.08. The minimum Gasteiger partial charge on any atom is -0.356 e. The van der Waals surface area contributed by atoms with E-state index in [0.29, 0.717) is 6.20 Å². The van der Waals surface area contributed by atoms with Crippen molar-refractivity contribution in [2.45, 2.75) is 0 Å². The number of hydrogen-bond acceptors (Lipinski definition) is 5. The number of nitrogens with zero attached hydrogens (tertiary/aromatic N) is 4. The predicted octanol–water partition coefficient (Wildman–Crippen LogP) is 2.19. The molecule has 0 saturated carbocycles. The molecule has 1 aromatic carbocycles. The molecule has 0 amide bonds. The van der Waals surface area contributed by atoms with Crippen molar-refractivity contribution in [3.05, 3.63) is 40.4 Å². The van der Waals surface area contributed by atoms with Gasteiger partial charge in [-0.15, -0.1) is 0 Å². The summed E-state index contributed by atoms with van der Waals surface area (Å²) >= 11 is 0. The maximum atomic E-state index is 13.8. The first-order chi connectivity index (χ1) is 9.51. The van der Waals surface area contributed by atoms with Crippen LogP contribution in [0.3, 0.4) is 0 Å². The summed E-state index contributed by atoms with van der Waals surface area (Å²) in [5.74, 6) is -4.97. The number of nitriles is 4. The summed E-state index contributed by atoms with van der Waals surface area (Å²) in [6.07, 6.45) is 0.706. The molecule has 8 heteroatoms. The Kier molecular flexibility index (Phi) is 4.30. The molecular weight excluding hydrogens is 271 g/mol. The van der Waals surface area contributed by atoms with Crippen LogP contribution < -0.4 is 5.32 Å². The summed E-state index contributed by atoms with van der Waals surface area (Å²) < 4.78 is 40.5. The second-order valence-electron chi connectivity index (χ2n) is 3.22. The molecule has 0 saturated heterocycles. The molecule has 0 aliphatic carbocycles. The van der Waals surface area contributed by atoms with Gasteiger partial charge in [-0.1, -0.05) is 0 Å². The van der Waals surface area contributed by atoms with Crippen LogP contribution in [0.2, 0.25) is 0 Å². The standard InChI is InChI=1S/C12H2F3N5/c13-9-7(3-18)11(15)12(8(4-19)10(9)14)20-5-6(1-16)2-17/h5,20H. The normalized spacial score (nSPS) is 8.55. The maximum Gasteiger partial charge on any atom is 0.181 e. The van der Waals surface area contributed by atoms with Gasteiger partial charge in [-0.3, -0.25) is 0 Å². The van der Waals surface area contributed by atoms with Gasteiger partial charge < -0.3 is 5.32 Å². The van der Waals surface area contributed by atoms with Gasteiger partial charge in [0.1, 0.15) is 41.0 Å². The first kappa shape index (κ1) is 14.6. The van der Waals surface area contributed by atoms with Crippen LogP contribution in [0.1, 0.15) is 11.1 Å². The molecule has 0 radical (unpaired) electrons. The summed E-state index contributed by atoms with van der Waals surface area (Å²) in [6, 6.07) is 5.22. The fourth-order valence-corrected chi connectivity index (χ4v) is 1.23. The molecule has 1 N–H and O–H groups in total. The molecule has 0 fully saturated rings. The van der Waals surface area contributed by atoms with E-state index < -0.39 is 39.8 Å². The number of anilines is 1. The molecule has 0 spiro atoms. The zero-order valence-electron chi connectivity index (χ0n) is 9.50. The van der Waals surface area contributed by atoms with E-state index >= 15 is 0 Å². The third-order valence-corrected chi connectivity index (χ3v) is 2.15. The molecule has 1 aromatic rings. The molecule has 0 unspecified atom stereocenters. The maximum absolute atomic E-state index is 13.8. The average molecular weight is 273 g/mol. The van der Waals surface area contributed by atoms with Crippen LogP contribution in [0.5, 0.6) is 0 Å². The number of benzene rings is 1. The molecule has 0 bridgehead atoms. The quantitative estimate of drug-likeness (QED) is 0.656. The summed E-state index contributed by atoms with van der Waals surface area (Å²) in [7, 11) is 0. The molecule has 5 nitrogen and oxygen atoms in total. The van der Waals surface area contributed by atoms with Gasteiger partial charge in [0, 0.05) is 6.20 Å². The molecule has 1 rings (SSSR count). The lowest BCUT2D eigenvalue weighted by molar-refractivity contribution is 0.490. The van der Waals surface area contributed by atoms with Gasteiger partial charge in [0.25, 0.3) is 0 Å². The molecule has 0 aromatic heterocycles. The van der Waals surface area contributed by atoms with E-state index in [4.69, 9.17) is 21.0 Å². The van der Waals surface area contributed by atoms with Gasteiger partial charge in [0.15, 0.2) is 17.5 Å². The van der Waals surface area contributed by atoms with E-state index in [9.17, 15) is 13.2 Å². The summed E-state index contributed by atoms with van der Waals surface area (Å²) in [5.41, 5.74) is -3.54. The lowest BCUT2D eigenvalue weighted by Crippen LogP contribution is -2.06. The largest absolute Gasteiger partial charge is 0.356 e. The summed E-state index contributed by atoms with van der Waals surface area (Å²) in [6.45, 7) is 0. The lowest BCUT2D eigenvalue weighted by atomic mass is 10.1. The Labute approximate surface area is 111 Å². The molecule has 0 atom stereocenters. The fraction of sp³-hybridized carbons (Fsp3) is 0. The third-order valence-electron chi connectivity index (χ3n) is 2.15. The Balaban J connectivity index is 3.57. The number of rotatable bonds is 2. The van der Waals surface area contributed by atoms with Gasteiger partial charge in [0.05, 0.1) is 5.69 Å². The zero-order chi connectivity index (χ0) is 15.3. The van der Waals surface area contributed by atoms with E-state index in [0.717, 1.165) is 6.07 Å². The first-order valence-corrected chi connectivity index (χ1v) is 4.79. The highest BCUT2D eigenvalue weighted by molar-refractivity contribution is 5.65. The van der Waals surface area contributed by atoms with Gasteiger partial charge in [-0.05, 0) is 0 Å². The number of allylic oxidation sites excluding steroid dienone is 1. The van der Waals surface area contributed by atoms with Crippen LogP contribution >= 0.6 is 0 Å². The van der Waals surface area contributed by atoms with Gasteiger partial charge in [-0.2, -0.15) is 21.0 Å². The molecule has 0 heterocycles. The number of hydrogen-bond donors (Lipinski definition) is 1. The minimum atomic E-state index is -1.78. The van der Waals surface area contributed by atoms with Crippen molar-refractivity contribution >= 4 is 5.69 Å². The van der Waals surface area contributed by atoms with E-state index in [-0.39, 0.29) is 0 Å². The molecule has 96 valence electrons. The summed E-state index contributed by atoms with van der Waals surface area (Å²) in [4.78, 5) is 0. The Bertz CT molecular complexity index is 753. The number of nitrogens with one attached hydrogen (secondary N) is 1. The van der Waals surface area contributed by atoms with E-state index in [2.05, 4.69) is 0 Å². The molecule has 0 aliphatic rings. The van der Waals surface area contributed by atoms with E-state index in [1.807, 2.05) is 5.32 Å². The first-order valence-electron chi connectivity index (χ1n) is 4.79. The SMILES string of the molecule is N#CC(C#N)=CNc1c(F)c(C#N)c(F)c(F)c1C#N. The van der Waals surface area contributed by atoms with Crippen LogP contribution in [0.4, 0.5) is 18.9 Å². The Morgan fingerprint density at radius 3 is 1.80 bits per heavy atom. The topological polar surface area (TPSA) is 107 Å². The van der Waals surface area contributed by atoms with Crippen molar-refractivity contribution in [2.24, 2.45) is 0 Å². The van der Waals surface area contributed by atoms with Gasteiger partial charge in [0.2, 0.25) is 0 Å². The monoisotopic (exact) mass is 273 g/mol. The van der Waals surface area contributed by atoms with Crippen molar-refractivity contribution in [3.8, 4) is 24.3 Å². The highest BCUT2D eigenvalue weighted by Crippen LogP contribution is 2.28. The molecule has 20 heavy (non-hydrogen) atoms. The number of halogens is 3. The van der Waals surface area contributed by atoms with Crippen molar-refractivity contribution in [3.63, 3.8) is 0 Å². The predicted molar refractivity (Wildman–Crippen MR) is 58.7 cm³/mol. The highest BCUT2D eigenvalue weighted by Gasteiger charge is 2.24. The van der Waals surface area contributed by atoms with Gasteiger partial charge in [-0.25, -0.2) is 13.2 Å². The Hall–Kier alpha value is -3.49. The third kappa shape index (κ3) is 2.36. The Morgan fingerprint density at radius 1 is 0.850 bits per heavy atom. The van der Waals surface area contributed by atoms with E-state index in [1.54, 1.807) is 0 Å². The molecule has 0 aliphatic heterocycles. The second-order valence-corrected chi connectivity index (χ2v) is 3.22. The second kappa shape index (κ2) is 5.91. The van der Waals surface area contributed by atoms with Crippen LogP contribution in [0, 0.1) is 62.8 Å². The summed E-state index contributed by atoms with van der Waals surface area (Å²) in [5, 5.41) is 36.2. The van der Waals surface area contributed by atoms with E-state index in [1.165, 1.54) is 18.2 Å². The fourth-order valence-electron chi connectivity index (χ4n) is 1.23. The Morgan fingerprint density at radius 2 is 1.35 bits per heavy atom. The smallest absolute Gasteiger partial charge is 0.181 e. The molecular formula is C12H2F3N5. The van der Waals surface area contributed by atoms with Crippen LogP contribution in [-0.2, 0) is 0 Å². The van der Waals surface area contributed by atoms with Crippen molar-refractivity contribution in [2.75, 3.05) is 5.32 Å². The van der Waals surface area contributed by atoms with Crippen LogP contribution in [0.15, 0.2) is 11.8 Å². The van der Waals surface area contributed by atoms with Crippen LogP contribution in [0.25, 0.3) is 0 Å². The zero-order valence-corrected chi connectivity index (χ0v) is 9.50. The van der Waals surface area contributed by atoms with Crippen molar-refractivity contribution in [1.29, 1.82) is 21.0 Å². The van der Waals surface area contributed by atoms with Crippen molar-refractivity contribution < 1.29 is 13.2 Å². The minimum absolute atomic E-state index is 0.489. The average Bonchev–Trinajstić information content (AvgIpc) is 2.45. The van der Waals surface area contributed by atoms with Crippen molar-refractivity contribution in [1.82, 2.24) is 0 Å². The highest BCUT2D eigenvalue weighted by atomic mass is 19.2. The van der Waals surface area contributed by atoms with Gasteiger partial charge >= 0.3 is 0 Å². The van der Waals surface area contributed by atoms with Crippen LogP contribution in [-0.4, -0.2) is 0 Å².